The van der Waals surface area contributed by atoms with E-state index in [-0.39, 0.29) is 5.56 Å². The lowest BCUT2D eigenvalue weighted by molar-refractivity contribution is 0.0366. The van der Waals surface area contributed by atoms with Crippen molar-refractivity contribution in [1.82, 2.24) is 14.0 Å². The number of hydrogen-bond donors (Lipinski definition) is 0. The van der Waals surface area contributed by atoms with Crippen molar-refractivity contribution in [3.63, 3.8) is 0 Å². The quantitative estimate of drug-likeness (QED) is 0.451. The monoisotopic (exact) mass is 445 g/mol. The molecule has 1 saturated heterocycles. The largest absolute Gasteiger partial charge is 0.495 e. The van der Waals surface area contributed by atoms with Crippen LogP contribution in [-0.2, 0) is 17.8 Å². The number of ether oxygens (including phenoxy) is 2. The lowest BCUT2D eigenvalue weighted by atomic mass is 10.0. The van der Waals surface area contributed by atoms with Gasteiger partial charge in [0.05, 0.1) is 43.3 Å². The average Bonchev–Trinajstić information content (AvgIpc) is 3.16. The maximum absolute atomic E-state index is 13.8. The fourth-order valence-corrected chi connectivity index (χ4v) is 5.02. The predicted molar refractivity (Wildman–Crippen MR) is 133 cm³/mol. The van der Waals surface area contributed by atoms with Crippen LogP contribution in [0.3, 0.4) is 0 Å². The second-order valence-corrected chi connectivity index (χ2v) is 8.84. The van der Waals surface area contributed by atoms with Gasteiger partial charge in [-0.05, 0) is 42.7 Å². The molecular weight excluding hydrogens is 414 g/mol. The second-order valence-electron chi connectivity index (χ2n) is 8.84. The highest BCUT2D eigenvalue weighted by molar-refractivity contribution is 6.09. The predicted octanol–water partition coefficient (Wildman–Crippen LogP) is 3.96. The van der Waals surface area contributed by atoms with E-state index in [0.717, 1.165) is 66.9 Å². The van der Waals surface area contributed by atoms with E-state index in [1.165, 1.54) is 16.7 Å². The number of aryl methyl sites for hydroxylation is 2. The number of hydrogen-bond acceptors (Lipinski definition) is 4. The van der Waals surface area contributed by atoms with Gasteiger partial charge in [-0.3, -0.25) is 9.69 Å². The smallest absolute Gasteiger partial charge is 0.260 e. The summed E-state index contributed by atoms with van der Waals surface area (Å²) in [5.74, 6) is 0.798. The Bertz CT molecular complexity index is 1340. The van der Waals surface area contributed by atoms with Crippen LogP contribution in [0.2, 0.25) is 0 Å². The van der Waals surface area contributed by atoms with Crippen LogP contribution in [0, 0.1) is 13.8 Å². The third-order valence-electron chi connectivity index (χ3n) is 6.91. The van der Waals surface area contributed by atoms with Crippen LogP contribution in [0.5, 0.6) is 5.75 Å². The van der Waals surface area contributed by atoms with Gasteiger partial charge in [0.2, 0.25) is 0 Å². The Morgan fingerprint density at radius 1 is 0.970 bits per heavy atom. The molecule has 0 aliphatic carbocycles. The van der Waals surface area contributed by atoms with E-state index in [2.05, 4.69) is 47.6 Å². The van der Waals surface area contributed by atoms with Gasteiger partial charge in [-0.15, -0.1) is 0 Å². The van der Waals surface area contributed by atoms with Crippen LogP contribution in [0.25, 0.3) is 21.8 Å². The molecule has 0 amide bonds. The Kier molecular flexibility index (Phi) is 5.96. The summed E-state index contributed by atoms with van der Waals surface area (Å²) < 4.78 is 15.3. The first-order valence-electron chi connectivity index (χ1n) is 11.6. The number of benzene rings is 2. The SMILES string of the molecule is COc1cccc2c3c(=O)n(Cc4c(C)cccc4C)ccc3n(CCN3CCOCC3)c12. The number of fused-ring (bicyclic) bond motifs is 3. The van der Waals surface area contributed by atoms with Crippen LogP contribution in [-0.4, -0.2) is 54.0 Å². The minimum Gasteiger partial charge on any atom is -0.495 e. The van der Waals surface area contributed by atoms with E-state index in [4.69, 9.17) is 9.47 Å². The molecule has 1 fully saturated rings. The highest BCUT2D eigenvalue weighted by Crippen LogP contribution is 2.33. The van der Waals surface area contributed by atoms with Gasteiger partial charge in [0.25, 0.3) is 5.56 Å². The summed E-state index contributed by atoms with van der Waals surface area (Å²) in [6, 6.07) is 14.3. The van der Waals surface area contributed by atoms with Crippen molar-refractivity contribution >= 4 is 21.8 Å². The zero-order valence-electron chi connectivity index (χ0n) is 19.6. The summed E-state index contributed by atoms with van der Waals surface area (Å²) in [5.41, 5.74) is 5.61. The summed E-state index contributed by atoms with van der Waals surface area (Å²) in [6.07, 6.45) is 1.94. The Morgan fingerprint density at radius 2 is 1.70 bits per heavy atom. The lowest BCUT2D eigenvalue weighted by Crippen LogP contribution is -2.38. The Morgan fingerprint density at radius 3 is 2.42 bits per heavy atom. The molecule has 0 bridgehead atoms. The molecule has 0 saturated carbocycles. The van der Waals surface area contributed by atoms with Gasteiger partial charge in [-0.2, -0.15) is 0 Å². The van der Waals surface area contributed by atoms with E-state index in [0.29, 0.717) is 6.54 Å². The molecule has 0 N–H and O–H groups in total. The van der Waals surface area contributed by atoms with Crippen molar-refractivity contribution in [3.05, 3.63) is 75.7 Å². The lowest BCUT2D eigenvalue weighted by Gasteiger charge is -2.27. The van der Waals surface area contributed by atoms with E-state index in [1.54, 1.807) is 7.11 Å². The van der Waals surface area contributed by atoms with Crippen LogP contribution in [0.15, 0.2) is 53.5 Å². The standard InChI is InChI=1S/C27H31N3O3/c1-19-6-4-7-20(2)22(19)18-29-11-10-23-25(27(29)31)21-8-5-9-24(32-3)26(21)30(23)13-12-28-14-16-33-17-15-28/h4-11H,12-18H2,1-3H3. The van der Waals surface area contributed by atoms with Crippen LogP contribution in [0.4, 0.5) is 0 Å². The first-order chi connectivity index (χ1) is 16.1. The first-order valence-corrected chi connectivity index (χ1v) is 11.6. The van der Waals surface area contributed by atoms with Gasteiger partial charge >= 0.3 is 0 Å². The van der Waals surface area contributed by atoms with Crippen molar-refractivity contribution in [3.8, 4) is 5.75 Å². The summed E-state index contributed by atoms with van der Waals surface area (Å²) in [4.78, 5) is 16.2. The van der Waals surface area contributed by atoms with E-state index < -0.39 is 0 Å². The van der Waals surface area contributed by atoms with Crippen LogP contribution < -0.4 is 10.3 Å². The Balaban J connectivity index is 1.63. The minimum absolute atomic E-state index is 0.0403. The van der Waals surface area contributed by atoms with E-state index in [9.17, 15) is 4.79 Å². The third-order valence-corrected chi connectivity index (χ3v) is 6.91. The first kappa shape index (κ1) is 21.7. The molecule has 2 aromatic heterocycles. The van der Waals surface area contributed by atoms with Gasteiger partial charge in [0.1, 0.15) is 5.75 Å². The number of pyridine rings is 1. The zero-order chi connectivity index (χ0) is 22.9. The molecule has 5 rings (SSSR count). The summed E-state index contributed by atoms with van der Waals surface area (Å²) in [7, 11) is 1.69. The number of methoxy groups -OCH3 is 1. The molecule has 172 valence electrons. The van der Waals surface area contributed by atoms with E-state index in [1.807, 2.05) is 29.0 Å². The van der Waals surface area contributed by atoms with Crippen molar-refractivity contribution in [2.75, 3.05) is 40.0 Å². The highest BCUT2D eigenvalue weighted by Gasteiger charge is 2.19. The number of rotatable bonds is 6. The van der Waals surface area contributed by atoms with Gasteiger partial charge in [-0.1, -0.05) is 30.3 Å². The van der Waals surface area contributed by atoms with Crippen molar-refractivity contribution in [2.45, 2.75) is 26.9 Å². The highest BCUT2D eigenvalue weighted by atomic mass is 16.5. The normalized spacial score (nSPS) is 14.9. The molecule has 2 aromatic carbocycles. The summed E-state index contributed by atoms with van der Waals surface area (Å²) in [6.45, 7) is 9.92. The fraction of sp³-hybridized carbons (Fsp3) is 0.370. The second kappa shape index (κ2) is 9.04. The number of morpholine rings is 1. The fourth-order valence-electron chi connectivity index (χ4n) is 5.02. The molecule has 33 heavy (non-hydrogen) atoms. The minimum atomic E-state index is 0.0403. The molecule has 0 unspecified atom stereocenters. The topological polar surface area (TPSA) is 48.6 Å². The molecular formula is C27H31N3O3. The molecule has 0 atom stereocenters. The maximum atomic E-state index is 13.8. The molecule has 0 radical (unpaired) electrons. The molecule has 6 heteroatoms. The molecule has 4 aromatic rings. The number of aromatic nitrogens is 2. The van der Waals surface area contributed by atoms with Gasteiger partial charge < -0.3 is 18.6 Å². The van der Waals surface area contributed by atoms with Crippen molar-refractivity contribution in [1.29, 1.82) is 0 Å². The molecule has 1 aliphatic rings. The summed E-state index contributed by atoms with van der Waals surface area (Å²) >= 11 is 0. The maximum Gasteiger partial charge on any atom is 0.260 e. The van der Waals surface area contributed by atoms with Gasteiger partial charge in [0, 0.05) is 37.8 Å². The van der Waals surface area contributed by atoms with Crippen LogP contribution >= 0.6 is 0 Å². The van der Waals surface area contributed by atoms with Crippen LogP contribution in [0.1, 0.15) is 16.7 Å². The number of nitrogens with zero attached hydrogens (tertiary/aromatic N) is 3. The summed E-state index contributed by atoms with van der Waals surface area (Å²) in [5, 5.41) is 1.71. The van der Waals surface area contributed by atoms with Gasteiger partial charge in [-0.25, -0.2) is 0 Å². The van der Waals surface area contributed by atoms with E-state index >= 15 is 0 Å². The zero-order valence-corrected chi connectivity index (χ0v) is 19.6. The third kappa shape index (κ3) is 3.94. The molecule has 0 spiro atoms. The molecule has 1 aliphatic heterocycles. The Hall–Kier alpha value is -3.09. The average molecular weight is 446 g/mol. The molecule has 3 heterocycles. The number of para-hydroxylation sites is 1. The molecule has 6 nitrogen and oxygen atoms in total. The Labute approximate surface area is 193 Å². The van der Waals surface area contributed by atoms with Gasteiger partial charge in [0.15, 0.2) is 0 Å². The van der Waals surface area contributed by atoms with Crippen molar-refractivity contribution < 1.29 is 9.47 Å². The van der Waals surface area contributed by atoms with Crippen molar-refractivity contribution in [2.24, 2.45) is 0 Å².